The van der Waals surface area contributed by atoms with E-state index in [4.69, 9.17) is 11.3 Å². The Kier molecular flexibility index (Phi) is 3.27. The van der Waals surface area contributed by atoms with Crippen molar-refractivity contribution >= 4 is 11.8 Å². The van der Waals surface area contributed by atoms with Crippen LogP contribution in [0.25, 0.3) is 4.85 Å². The minimum atomic E-state index is -0.350. The molecule has 1 saturated carbocycles. The molecule has 0 bridgehead atoms. The van der Waals surface area contributed by atoms with Gasteiger partial charge in [0.1, 0.15) is 6.10 Å². The van der Waals surface area contributed by atoms with E-state index in [2.05, 4.69) is 15.2 Å². The van der Waals surface area contributed by atoms with E-state index in [0.29, 0.717) is 13.1 Å². The predicted molar refractivity (Wildman–Crippen MR) is 86.3 cm³/mol. The lowest BCUT2D eigenvalue weighted by molar-refractivity contribution is 0.128. The van der Waals surface area contributed by atoms with Crippen LogP contribution in [-0.2, 0) is 16.8 Å². The van der Waals surface area contributed by atoms with Crippen molar-refractivity contribution in [2.45, 2.75) is 38.0 Å². The number of cyclic esters (lactones) is 1. The van der Waals surface area contributed by atoms with E-state index >= 15 is 0 Å². The Hall–Kier alpha value is -2.88. The highest BCUT2D eigenvalue weighted by Gasteiger charge is 2.52. The highest BCUT2D eigenvalue weighted by Crippen LogP contribution is 2.49. The van der Waals surface area contributed by atoms with Gasteiger partial charge in [-0.3, -0.25) is 4.90 Å². The van der Waals surface area contributed by atoms with Crippen LogP contribution in [0, 0.1) is 13.5 Å². The van der Waals surface area contributed by atoms with Crippen molar-refractivity contribution in [1.82, 2.24) is 15.0 Å². The summed E-state index contributed by atoms with van der Waals surface area (Å²) in [6, 6.07) is 7.68. The Morgan fingerprint density at radius 3 is 2.71 bits per heavy atom. The van der Waals surface area contributed by atoms with Crippen LogP contribution < -0.4 is 4.90 Å². The third-order valence-electron chi connectivity index (χ3n) is 4.72. The minimum Gasteiger partial charge on any atom is -0.442 e. The average molecular weight is 323 g/mol. The van der Waals surface area contributed by atoms with Gasteiger partial charge in [-0.2, -0.15) is 0 Å². The molecule has 0 radical (unpaired) electrons. The van der Waals surface area contributed by atoms with Gasteiger partial charge in [0.25, 0.3) is 5.54 Å². The second-order valence-corrected chi connectivity index (χ2v) is 6.36. The van der Waals surface area contributed by atoms with E-state index in [1.54, 1.807) is 15.8 Å². The van der Waals surface area contributed by atoms with E-state index < -0.39 is 0 Å². The maximum atomic E-state index is 12.2. The number of hydrogen-bond donors (Lipinski definition) is 0. The Morgan fingerprint density at radius 2 is 2.12 bits per heavy atom. The number of anilines is 1. The van der Waals surface area contributed by atoms with Gasteiger partial charge in [0.2, 0.25) is 0 Å². The zero-order valence-electron chi connectivity index (χ0n) is 13.3. The number of benzene rings is 1. The minimum absolute atomic E-state index is 0.254. The first-order valence-corrected chi connectivity index (χ1v) is 7.94. The molecule has 1 atom stereocenters. The van der Waals surface area contributed by atoms with Crippen LogP contribution in [0.4, 0.5) is 10.5 Å². The summed E-state index contributed by atoms with van der Waals surface area (Å²) in [5.74, 6) is 0. The first-order chi connectivity index (χ1) is 11.6. The van der Waals surface area contributed by atoms with E-state index in [0.717, 1.165) is 29.8 Å². The molecule has 2 aromatic rings. The average Bonchev–Trinajstić information content (AvgIpc) is 3.18. The summed E-state index contributed by atoms with van der Waals surface area (Å²) in [7, 11) is 0. The van der Waals surface area contributed by atoms with Gasteiger partial charge in [0.05, 0.1) is 25.0 Å². The van der Waals surface area contributed by atoms with Crippen molar-refractivity contribution in [2.75, 3.05) is 11.4 Å². The Morgan fingerprint density at radius 1 is 1.38 bits per heavy atom. The molecule has 4 rings (SSSR count). The van der Waals surface area contributed by atoms with Crippen LogP contribution in [0.3, 0.4) is 0 Å². The molecule has 24 heavy (non-hydrogen) atoms. The van der Waals surface area contributed by atoms with Crippen LogP contribution in [-0.4, -0.2) is 33.7 Å². The summed E-state index contributed by atoms with van der Waals surface area (Å²) in [5, 5.41) is 7.83. The predicted octanol–water partition coefficient (Wildman–Crippen LogP) is 2.52. The number of hydrogen-bond acceptors (Lipinski definition) is 4. The van der Waals surface area contributed by atoms with Crippen molar-refractivity contribution in [1.29, 1.82) is 0 Å². The van der Waals surface area contributed by atoms with E-state index in [9.17, 15) is 4.79 Å². The third kappa shape index (κ3) is 2.40. The highest BCUT2D eigenvalue weighted by atomic mass is 16.6. The van der Waals surface area contributed by atoms with Gasteiger partial charge in [0.15, 0.2) is 0 Å². The van der Waals surface area contributed by atoms with Crippen molar-refractivity contribution in [3.63, 3.8) is 0 Å². The summed E-state index contributed by atoms with van der Waals surface area (Å²) in [6.45, 7) is 10.2. The monoisotopic (exact) mass is 323 g/mol. The molecule has 2 heterocycles. The zero-order valence-corrected chi connectivity index (χ0v) is 13.3. The molecule has 0 spiro atoms. The molecular formula is C17H17N5O2. The summed E-state index contributed by atoms with van der Waals surface area (Å²) < 4.78 is 7.17. The molecule has 2 aliphatic rings. The number of ether oxygens (including phenoxy) is 1. The normalized spacial score (nSPS) is 21.4. The number of rotatable bonds is 4. The van der Waals surface area contributed by atoms with Crippen LogP contribution in [0.5, 0.6) is 0 Å². The fourth-order valence-corrected chi connectivity index (χ4v) is 3.04. The molecule has 122 valence electrons. The van der Waals surface area contributed by atoms with Crippen molar-refractivity contribution in [3.05, 3.63) is 53.1 Å². The first kappa shape index (κ1) is 14.7. The van der Waals surface area contributed by atoms with Crippen molar-refractivity contribution in [3.8, 4) is 0 Å². The molecule has 1 saturated heterocycles. The fraction of sp³-hybridized carbons (Fsp3) is 0.412. The van der Waals surface area contributed by atoms with Gasteiger partial charge in [-0.15, -0.1) is 5.10 Å². The Bertz CT molecular complexity index is 816. The molecule has 1 aromatic carbocycles. The molecule has 1 aromatic heterocycles. The van der Waals surface area contributed by atoms with Crippen molar-refractivity contribution in [2.24, 2.45) is 0 Å². The SMILES string of the molecule is [C-]#[N+]C1(c2ccc(N3C[C@H](Cn4nncc4C)OC3=O)cc2)CC1. The summed E-state index contributed by atoms with van der Waals surface area (Å²) in [5.41, 5.74) is 2.44. The lowest BCUT2D eigenvalue weighted by atomic mass is 10.1. The van der Waals surface area contributed by atoms with Crippen LogP contribution in [0.15, 0.2) is 30.5 Å². The maximum Gasteiger partial charge on any atom is 0.414 e. The Labute approximate surface area is 139 Å². The molecular weight excluding hydrogens is 306 g/mol. The molecule has 0 N–H and O–H groups in total. The van der Waals surface area contributed by atoms with Gasteiger partial charge in [-0.25, -0.2) is 16.0 Å². The standard InChI is InChI=1S/C17H17N5O2/c1-12-9-19-20-22(12)11-15-10-21(16(23)24-15)14-5-3-13(4-6-14)17(18-2)7-8-17/h3-6,9,15H,7-8,10-11H2,1H3/t15-/m1/s1. The number of amides is 1. The van der Waals surface area contributed by atoms with Gasteiger partial charge in [0, 0.05) is 24.1 Å². The molecule has 1 aliphatic carbocycles. The topological polar surface area (TPSA) is 64.6 Å². The maximum absolute atomic E-state index is 12.2. The number of nitrogens with zero attached hydrogens (tertiary/aromatic N) is 5. The highest BCUT2D eigenvalue weighted by molar-refractivity contribution is 5.89. The van der Waals surface area contributed by atoms with Gasteiger partial charge in [-0.1, -0.05) is 5.21 Å². The number of carbonyl (C=O) groups excluding carboxylic acids is 1. The van der Waals surface area contributed by atoms with E-state index in [1.807, 2.05) is 31.2 Å². The Balaban J connectivity index is 1.48. The fourth-order valence-electron chi connectivity index (χ4n) is 3.04. The number of carbonyl (C=O) groups is 1. The number of aromatic nitrogens is 3. The van der Waals surface area contributed by atoms with E-state index in [1.165, 1.54) is 0 Å². The second-order valence-electron chi connectivity index (χ2n) is 6.36. The lowest BCUT2D eigenvalue weighted by Gasteiger charge is -2.14. The molecule has 0 unspecified atom stereocenters. The molecule has 2 fully saturated rings. The molecule has 7 heteroatoms. The smallest absolute Gasteiger partial charge is 0.414 e. The van der Waals surface area contributed by atoms with Crippen LogP contribution in [0.1, 0.15) is 24.1 Å². The second kappa shape index (κ2) is 5.34. The van der Waals surface area contributed by atoms with Crippen LogP contribution in [0.2, 0.25) is 0 Å². The molecule has 7 nitrogen and oxygen atoms in total. The van der Waals surface area contributed by atoms with Crippen molar-refractivity contribution < 1.29 is 9.53 Å². The van der Waals surface area contributed by atoms with Gasteiger partial charge in [-0.05, 0) is 31.2 Å². The zero-order chi connectivity index (χ0) is 16.7. The van der Waals surface area contributed by atoms with E-state index in [-0.39, 0.29) is 17.7 Å². The number of aryl methyl sites for hydroxylation is 1. The summed E-state index contributed by atoms with van der Waals surface area (Å²) >= 11 is 0. The quantitative estimate of drug-likeness (QED) is 0.811. The summed E-state index contributed by atoms with van der Waals surface area (Å²) in [4.78, 5) is 17.5. The molecule has 1 aliphatic heterocycles. The van der Waals surface area contributed by atoms with Gasteiger partial charge < -0.3 is 9.58 Å². The largest absolute Gasteiger partial charge is 0.442 e. The molecule has 1 amide bonds. The summed E-state index contributed by atoms with van der Waals surface area (Å²) in [6.07, 6.45) is 2.91. The third-order valence-corrected chi connectivity index (χ3v) is 4.72. The van der Waals surface area contributed by atoms with Gasteiger partial charge >= 0.3 is 6.09 Å². The first-order valence-electron chi connectivity index (χ1n) is 7.94. The van der Waals surface area contributed by atoms with Crippen LogP contribution >= 0.6 is 0 Å². The lowest BCUT2D eigenvalue weighted by Crippen LogP contribution is -2.26.